The van der Waals surface area contributed by atoms with Crippen LogP contribution in [0.2, 0.25) is 5.02 Å². The summed E-state index contributed by atoms with van der Waals surface area (Å²) in [5.74, 6) is 1.20. The molecule has 1 fully saturated rings. The lowest BCUT2D eigenvalue weighted by molar-refractivity contribution is -0.122. The van der Waals surface area contributed by atoms with Crippen molar-refractivity contribution in [3.05, 3.63) is 47.5 Å². The normalized spacial score (nSPS) is 17.9. The molecule has 5 nitrogen and oxygen atoms in total. The van der Waals surface area contributed by atoms with Crippen LogP contribution in [0.15, 0.2) is 42.5 Å². The number of ether oxygens (including phenoxy) is 3. The largest absolute Gasteiger partial charge is 0.481 e. The summed E-state index contributed by atoms with van der Waals surface area (Å²) in [6.45, 7) is 1.69. The number of fused-ring (bicyclic) bond motifs is 1. The van der Waals surface area contributed by atoms with E-state index in [9.17, 15) is 4.79 Å². The number of amides is 1. The van der Waals surface area contributed by atoms with Crippen LogP contribution in [-0.4, -0.2) is 17.8 Å². The molecule has 1 aliphatic heterocycles. The first-order valence-corrected chi connectivity index (χ1v) is 9.16. The van der Waals surface area contributed by atoms with Gasteiger partial charge < -0.3 is 19.5 Å². The average molecular weight is 374 g/mol. The molecule has 1 N–H and O–H groups in total. The Balaban J connectivity index is 1.41. The van der Waals surface area contributed by atoms with Gasteiger partial charge in [-0.1, -0.05) is 17.7 Å². The number of rotatable bonds is 4. The van der Waals surface area contributed by atoms with E-state index < -0.39 is 11.9 Å². The highest BCUT2D eigenvalue weighted by Gasteiger charge is 2.44. The van der Waals surface area contributed by atoms with Gasteiger partial charge in [0.25, 0.3) is 11.7 Å². The summed E-state index contributed by atoms with van der Waals surface area (Å²) in [6.07, 6.45) is 3.34. The van der Waals surface area contributed by atoms with Gasteiger partial charge in [-0.05, 0) is 50.1 Å². The van der Waals surface area contributed by atoms with E-state index >= 15 is 0 Å². The fourth-order valence-electron chi connectivity index (χ4n) is 3.33. The maximum Gasteiger partial charge on any atom is 0.265 e. The van der Waals surface area contributed by atoms with E-state index in [0.29, 0.717) is 22.2 Å². The van der Waals surface area contributed by atoms with E-state index in [-0.39, 0.29) is 5.91 Å². The summed E-state index contributed by atoms with van der Waals surface area (Å²) < 4.78 is 17.7. The second-order valence-corrected chi connectivity index (χ2v) is 7.13. The molecular weight excluding hydrogens is 354 g/mol. The minimum atomic E-state index is -0.667. The Morgan fingerprint density at radius 3 is 2.69 bits per heavy atom. The zero-order chi connectivity index (χ0) is 18.1. The highest BCUT2D eigenvalue weighted by atomic mass is 35.5. The molecule has 1 unspecified atom stereocenters. The number of halogens is 1. The predicted octanol–water partition coefficient (Wildman–Crippen LogP) is 4.79. The molecule has 136 valence electrons. The van der Waals surface area contributed by atoms with E-state index in [1.54, 1.807) is 43.3 Å². The summed E-state index contributed by atoms with van der Waals surface area (Å²) in [6, 6.07) is 12.4. The van der Waals surface area contributed by atoms with Crippen LogP contribution in [-0.2, 0) is 4.79 Å². The zero-order valence-electron chi connectivity index (χ0n) is 14.5. The van der Waals surface area contributed by atoms with Gasteiger partial charge in [0, 0.05) is 29.6 Å². The Labute approximate surface area is 157 Å². The van der Waals surface area contributed by atoms with Crippen LogP contribution in [0.25, 0.3) is 0 Å². The molecule has 26 heavy (non-hydrogen) atoms. The molecule has 0 radical (unpaired) electrons. The van der Waals surface area contributed by atoms with Gasteiger partial charge in [0.15, 0.2) is 17.6 Å². The van der Waals surface area contributed by atoms with Crippen molar-refractivity contribution in [2.75, 3.05) is 5.32 Å². The Kier molecular flexibility index (Phi) is 4.41. The number of hydrogen-bond donors (Lipinski definition) is 1. The van der Waals surface area contributed by atoms with Crippen molar-refractivity contribution in [1.29, 1.82) is 0 Å². The SMILES string of the molecule is CC(Oc1cccc(Cl)c1)C(=O)Nc1ccc2c(c1)OC1(CCCC1)O2. The lowest BCUT2D eigenvalue weighted by atomic mass is 10.2. The number of nitrogens with one attached hydrogen (secondary N) is 1. The number of carbonyl (C=O) groups excluding carboxylic acids is 1. The lowest BCUT2D eigenvalue weighted by Gasteiger charge is -2.21. The van der Waals surface area contributed by atoms with Crippen LogP contribution in [0.1, 0.15) is 32.6 Å². The number of carbonyl (C=O) groups is 1. The van der Waals surface area contributed by atoms with Crippen molar-refractivity contribution >= 4 is 23.2 Å². The van der Waals surface area contributed by atoms with Gasteiger partial charge in [0.05, 0.1) is 0 Å². The zero-order valence-corrected chi connectivity index (χ0v) is 15.2. The Morgan fingerprint density at radius 1 is 1.15 bits per heavy atom. The third-order valence-electron chi connectivity index (χ3n) is 4.65. The van der Waals surface area contributed by atoms with Gasteiger partial charge in [-0.3, -0.25) is 4.79 Å². The van der Waals surface area contributed by atoms with Crippen LogP contribution in [0.4, 0.5) is 5.69 Å². The van der Waals surface area contributed by atoms with Gasteiger partial charge in [-0.2, -0.15) is 0 Å². The first kappa shape index (κ1) is 17.0. The minimum Gasteiger partial charge on any atom is -0.481 e. The summed E-state index contributed by atoms with van der Waals surface area (Å²) in [7, 11) is 0. The van der Waals surface area contributed by atoms with Crippen molar-refractivity contribution in [3.8, 4) is 17.2 Å². The van der Waals surface area contributed by atoms with Crippen LogP contribution >= 0.6 is 11.6 Å². The molecule has 2 aliphatic rings. The standard InChI is InChI=1S/C20H20ClNO4/c1-13(24-16-6-4-5-14(21)11-16)19(23)22-15-7-8-17-18(12-15)26-20(25-17)9-2-3-10-20/h4-8,11-13H,2-3,9-10H2,1H3,(H,22,23). The van der Waals surface area contributed by atoms with Crippen LogP contribution in [0.5, 0.6) is 17.2 Å². The van der Waals surface area contributed by atoms with Gasteiger partial charge in [0.1, 0.15) is 5.75 Å². The number of benzene rings is 2. The van der Waals surface area contributed by atoms with E-state index in [0.717, 1.165) is 31.4 Å². The topological polar surface area (TPSA) is 56.8 Å². The number of hydrogen-bond acceptors (Lipinski definition) is 4. The molecule has 1 heterocycles. The van der Waals surface area contributed by atoms with Gasteiger partial charge in [0.2, 0.25) is 0 Å². The molecule has 1 aliphatic carbocycles. The summed E-state index contributed by atoms with van der Waals surface area (Å²) in [4.78, 5) is 12.4. The molecule has 1 saturated carbocycles. The van der Waals surface area contributed by atoms with Crippen molar-refractivity contribution in [2.45, 2.75) is 44.5 Å². The molecule has 2 aromatic carbocycles. The monoisotopic (exact) mass is 373 g/mol. The molecule has 1 amide bonds. The smallest absolute Gasteiger partial charge is 0.265 e. The van der Waals surface area contributed by atoms with Crippen molar-refractivity contribution in [2.24, 2.45) is 0 Å². The quantitative estimate of drug-likeness (QED) is 0.837. The molecule has 2 aromatic rings. The van der Waals surface area contributed by atoms with E-state index in [2.05, 4.69) is 5.32 Å². The second kappa shape index (κ2) is 6.72. The van der Waals surface area contributed by atoms with Crippen molar-refractivity contribution < 1.29 is 19.0 Å². The maximum absolute atomic E-state index is 12.4. The van der Waals surface area contributed by atoms with Gasteiger partial charge in [-0.15, -0.1) is 0 Å². The second-order valence-electron chi connectivity index (χ2n) is 6.69. The third-order valence-corrected chi connectivity index (χ3v) is 4.88. The molecule has 0 bridgehead atoms. The molecule has 4 rings (SSSR count). The van der Waals surface area contributed by atoms with E-state index in [1.807, 2.05) is 6.07 Å². The van der Waals surface area contributed by atoms with Crippen LogP contribution < -0.4 is 19.5 Å². The predicted molar refractivity (Wildman–Crippen MR) is 99.1 cm³/mol. The van der Waals surface area contributed by atoms with E-state index in [4.69, 9.17) is 25.8 Å². The molecule has 0 saturated heterocycles. The number of anilines is 1. The highest BCUT2D eigenvalue weighted by molar-refractivity contribution is 6.30. The molecular formula is C20H20ClNO4. The fourth-order valence-corrected chi connectivity index (χ4v) is 3.51. The summed E-state index contributed by atoms with van der Waals surface area (Å²) in [5.41, 5.74) is 0.647. The molecule has 0 aromatic heterocycles. The van der Waals surface area contributed by atoms with Crippen molar-refractivity contribution in [3.63, 3.8) is 0 Å². The summed E-state index contributed by atoms with van der Waals surface area (Å²) >= 11 is 5.94. The molecule has 1 atom stereocenters. The van der Waals surface area contributed by atoms with Gasteiger partial charge in [-0.25, -0.2) is 0 Å². The molecule has 6 heteroatoms. The first-order chi connectivity index (χ1) is 12.5. The average Bonchev–Trinajstić information content (AvgIpc) is 3.20. The Hall–Kier alpha value is -2.40. The third kappa shape index (κ3) is 3.44. The van der Waals surface area contributed by atoms with E-state index in [1.165, 1.54) is 0 Å². The van der Waals surface area contributed by atoms with Gasteiger partial charge >= 0.3 is 0 Å². The molecule has 1 spiro atoms. The van der Waals surface area contributed by atoms with Crippen LogP contribution in [0.3, 0.4) is 0 Å². The van der Waals surface area contributed by atoms with Crippen LogP contribution in [0, 0.1) is 0 Å². The minimum absolute atomic E-state index is 0.251. The van der Waals surface area contributed by atoms with Crippen molar-refractivity contribution in [1.82, 2.24) is 0 Å². The Morgan fingerprint density at radius 2 is 1.92 bits per heavy atom. The fraction of sp³-hybridized carbons (Fsp3) is 0.350. The first-order valence-electron chi connectivity index (χ1n) is 8.78. The maximum atomic E-state index is 12.4. The highest BCUT2D eigenvalue weighted by Crippen LogP contribution is 2.47. The Bertz CT molecular complexity index is 832. The summed E-state index contributed by atoms with van der Waals surface area (Å²) in [5, 5.41) is 3.41. The lowest BCUT2D eigenvalue weighted by Crippen LogP contribution is -2.34.